The van der Waals surface area contributed by atoms with Gasteiger partial charge in [0.1, 0.15) is 6.26 Å². The molecule has 0 aliphatic carbocycles. The predicted molar refractivity (Wildman–Crippen MR) is 98.5 cm³/mol. The number of rotatable bonds is 5. The monoisotopic (exact) mass is 411 g/mol. The number of nitrogens with one attached hydrogen (secondary N) is 1. The van der Waals surface area contributed by atoms with Gasteiger partial charge < -0.3 is 9.32 Å². The van der Waals surface area contributed by atoms with Gasteiger partial charge in [0.15, 0.2) is 0 Å². The minimum atomic E-state index is -4.65. The Morgan fingerprint density at radius 1 is 1.11 bits per heavy atom. The van der Waals surface area contributed by atoms with Crippen LogP contribution >= 0.6 is 0 Å². The van der Waals surface area contributed by atoms with Gasteiger partial charge in [-0.1, -0.05) is 6.07 Å². The molecule has 0 bridgehead atoms. The molecule has 28 heavy (non-hydrogen) atoms. The summed E-state index contributed by atoms with van der Waals surface area (Å²) in [6.07, 6.45) is -1.91. The molecular weight excluding hydrogens is 395 g/mol. The third-order valence-corrected chi connectivity index (χ3v) is 5.26. The molecule has 1 aromatic heterocycles. The molecule has 0 aliphatic rings. The summed E-state index contributed by atoms with van der Waals surface area (Å²) in [6, 6.07) is 8.36. The SMILES string of the molecule is CN(C)c1ccc(NS(=O)(=O)c2cccc(C(F)(F)F)c2)c(-c2ncco2)c1. The van der Waals surface area contributed by atoms with Gasteiger partial charge >= 0.3 is 6.18 Å². The van der Waals surface area contributed by atoms with Crippen LogP contribution in [-0.2, 0) is 16.2 Å². The highest BCUT2D eigenvalue weighted by atomic mass is 32.2. The zero-order valence-corrected chi connectivity index (χ0v) is 15.7. The van der Waals surface area contributed by atoms with Crippen molar-refractivity contribution in [2.24, 2.45) is 0 Å². The van der Waals surface area contributed by atoms with Gasteiger partial charge in [0, 0.05) is 19.8 Å². The van der Waals surface area contributed by atoms with Crippen LogP contribution in [0.5, 0.6) is 0 Å². The van der Waals surface area contributed by atoms with Crippen molar-refractivity contribution in [3.8, 4) is 11.5 Å². The molecule has 1 heterocycles. The van der Waals surface area contributed by atoms with E-state index in [1.54, 1.807) is 31.1 Å². The Kier molecular flexibility index (Phi) is 5.07. The summed E-state index contributed by atoms with van der Waals surface area (Å²) in [4.78, 5) is 5.33. The van der Waals surface area contributed by atoms with E-state index in [1.807, 2.05) is 0 Å². The highest BCUT2D eigenvalue weighted by Crippen LogP contribution is 2.34. The highest BCUT2D eigenvalue weighted by molar-refractivity contribution is 7.92. The van der Waals surface area contributed by atoms with Gasteiger partial charge in [0.2, 0.25) is 5.89 Å². The first-order valence-electron chi connectivity index (χ1n) is 7.99. The first-order chi connectivity index (χ1) is 13.1. The van der Waals surface area contributed by atoms with Crippen LogP contribution in [-0.4, -0.2) is 27.5 Å². The van der Waals surface area contributed by atoms with E-state index in [4.69, 9.17) is 4.42 Å². The number of hydrogen-bond donors (Lipinski definition) is 1. The highest BCUT2D eigenvalue weighted by Gasteiger charge is 2.31. The molecule has 3 aromatic rings. The average Bonchev–Trinajstić information content (AvgIpc) is 3.15. The van der Waals surface area contributed by atoms with Gasteiger partial charge in [-0.05, 0) is 36.4 Å². The standard InChI is InChI=1S/C18H16F3N3O3S/c1-24(2)13-6-7-16(15(11-13)17-22-8-9-27-17)23-28(25,26)14-5-3-4-12(10-14)18(19,20)21/h3-11,23H,1-2H3. The van der Waals surface area contributed by atoms with E-state index in [-0.39, 0.29) is 11.6 Å². The van der Waals surface area contributed by atoms with Gasteiger partial charge in [0.25, 0.3) is 10.0 Å². The molecule has 0 fully saturated rings. The van der Waals surface area contributed by atoms with Crippen LogP contribution < -0.4 is 9.62 Å². The summed E-state index contributed by atoms with van der Waals surface area (Å²) in [5.41, 5.74) is 0.193. The maximum Gasteiger partial charge on any atom is 0.416 e. The van der Waals surface area contributed by atoms with Crippen molar-refractivity contribution >= 4 is 21.4 Å². The quantitative estimate of drug-likeness (QED) is 0.680. The van der Waals surface area contributed by atoms with Gasteiger partial charge in [-0.15, -0.1) is 0 Å². The number of sulfonamides is 1. The summed E-state index contributed by atoms with van der Waals surface area (Å²) in [7, 11) is -0.662. The van der Waals surface area contributed by atoms with Crippen LogP contribution in [0, 0.1) is 0 Å². The fourth-order valence-corrected chi connectivity index (χ4v) is 3.60. The topological polar surface area (TPSA) is 75.4 Å². The lowest BCUT2D eigenvalue weighted by Gasteiger charge is -2.17. The molecule has 0 unspecified atom stereocenters. The first kappa shape index (κ1) is 19.7. The smallest absolute Gasteiger partial charge is 0.416 e. The summed E-state index contributed by atoms with van der Waals surface area (Å²) in [5, 5.41) is 0. The molecule has 3 rings (SSSR count). The van der Waals surface area contributed by atoms with E-state index in [2.05, 4.69) is 9.71 Å². The molecule has 0 saturated heterocycles. The van der Waals surface area contributed by atoms with Crippen LogP contribution in [0.2, 0.25) is 0 Å². The molecular formula is C18H16F3N3O3S. The fraction of sp³-hybridized carbons (Fsp3) is 0.167. The number of hydrogen-bond acceptors (Lipinski definition) is 5. The lowest BCUT2D eigenvalue weighted by Crippen LogP contribution is -2.16. The van der Waals surface area contributed by atoms with Crippen LogP contribution in [0.15, 0.2) is 64.2 Å². The molecule has 0 radical (unpaired) electrons. The summed E-state index contributed by atoms with van der Waals surface area (Å²) >= 11 is 0. The Morgan fingerprint density at radius 3 is 2.46 bits per heavy atom. The lowest BCUT2D eigenvalue weighted by atomic mass is 10.1. The Hall–Kier alpha value is -3.01. The van der Waals surface area contributed by atoms with E-state index >= 15 is 0 Å². The molecule has 2 aromatic carbocycles. The third kappa shape index (κ3) is 4.11. The second-order valence-electron chi connectivity index (χ2n) is 6.09. The molecule has 0 spiro atoms. The Bertz CT molecular complexity index is 1080. The summed E-state index contributed by atoms with van der Waals surface area (Å²) in [5.74, 6) is 0.172. The second-order valence-corrected chi connectivity index (χ2v) is 7.78. The average molecular weight is 411 g/mol. The van der Waals surface area contributed by atoms with Gasteiger partial charge in [-0.3, -0.25) is 4.72 Å². The van der Waals surface area contributed by atoms with Crippen LogP contribution in [0.1, 0.15) is 5.56 Å². The molecule has 148 valence electrons. The number of benzene rings is 2. The van der Waals surface area contributed by atoms with E-state index in [0.29, 0.717) is 11.6 Å². The van der Waals surface area contributed by atoms with E-state index in [9.17, 15) is 21.6 Å². The predicted octanol–water partition coefficient (Wildman–Crippen LogP) is 4.23. The van der Waals surface area contributed by atoms with Crippen molar-refractivity contribution in [3.05, 3.63) is 60.5 Å². The minimum Gasteiger partial charge on any atom is -0.444 e. The maximum atomic E-state index is 12.9. The fourth-order valence-electron chi connectivity index (χ4n) is 2.48. The van der Waals surface area contributed by atoms with E-state index in [0.717, 1.165) is 23.9 Å². The summed E-state index contributed by atoms with van der Waals surface area (Å²) < 4.78 is 71.7. The van der Waals surface area contributed by atoms with Crippen molar-refractivity contribution < 1.29 is 26.0 Å². The van der Waals surface area contributed by atoms with Crippen molar-refractivity contribution in [2.45, 2.75) is 11.1 Å². The number of oxazole rings is 1. The zero-order chi connectivity index (χ0) is 20.5. The largest absolute Gasteiger partial charge is 0.444 e. The van der Waals surface area contributed by atoms with Gasteiger partial charge in [-0.25, -0.2) is 13.4 Å². The van der Waals surface area contributed by atoms with Crippen molar-refractivity contribution in [2.75, 3.05) is 23.7 Å². The molecule has 6 nitrogen and oxygen atoms in total. The zero-order valence-electron chi connectivity index (χ0n) is 14.9. The van der Waals surface area contributed by atoms with Crippen molar-refractivity contribution in [1.29, 1.82) is 0 Å². The molecule has 0 aliphatic heterocycles. The van der Waals surface area contributed by atoms with Crippen LogP contribution in [0.4, 0.5) is 24.5 Å². The van der Waals surface area contributed by atoms with Gasteiger partial charge in [0.05, 0.1) is 27.9 Å². The number of anilines is 2. The number of nitrogens with zero attached hydrogens (tertiary/aromatic N) is 2. The van der Waals surface area contributed by atoms with Crippen molar-refractivity contribution in [3.63, 3.8) is 0 Å². The molecule has 1 N–H and O–H groups in total. The Balaban J connectivity index is 2.03. The number of alkyl halides is 3. The number of aromatic nitrogens is 1. The third-order valence-electron chi connectivity index (χ3n) is 3.90. The minimum absolute atomic E-state index is 0.130. The van der Waals surface area contributed by atoms with Crippen molar-refractivity contribution in [1.82, 2.24) is 4.98 Å². The van der Waals surface area contributed by atoms with Crippen LogP contribution in [0.3, 0.4) is 0 Å². The second kappa shape index (κ2) is 7.19. The van der Waals surface area contributed by atoms with E-state index in [1.165, 1.54) is 18.5 Å². The lowest BCUT2D eigenvalue weighted by molar-refractivity contribution is -0.137. The normalized spacial score (nSPS) is 12.0. The first-order valence-corrected chi connectivity index (χ1v) is 9.47. The Labute approximate surface area is 159 Å². The maximum absolute atomic E-state index is 12.9. The van der Waals surface area contributed by atoms with Gasteiger partial charge in [-0.2, -0.15) is 13.2 Å². The van der Waals surface area contributed by atoms with Crippen LogP contribution in [0.25, 0.3) is 11.5 Å². The molecule has 0 atom stereocenters. The molecule has 0 saturated carbocycles. The summed E-state index contributed by atoms with van der Waals surface area (Å²) in [6.45, 7) is 0. The number of halogens is 3. The molecule has 10 heteroatoms. The Morgan fingerprint density at radius 2 is 1.86 bits per heavy atom. The molecule has 0 amide bonds. The van der Waals surface area contributed by atoms with E-state index < -0.39 is 26.7 Å².